The molecule has 0 saturated carbocycles. The highest BCUT2D eigenvalue weighted by Gasteiger charge is 2.15. The van der Waals surface area contributed by atoms with Gasteiger partial charge in [0.25, 0.3) is 5.91 Å². The Bertz CT molecular complexity index is 965. The van der Waals surface area contributed by atoms with E-state index in [0.717, 1.165) is 11.1 Å². The third-order valence-corrected chi connectivity index (χ3v) is 4.60. The third-order valence-electron chi connectivity index (χ3n) is 4.60. The van der Waals surface area contributed by atoms with Crippen molar-refractivity contribution in [3.63, 3.8) is 0 Å². The van der Waals surface area contributed by atoms with E-state index in [4.69, 9.17) is 9.47 Å². The minimum Gasteiger partial charge on any atom is -0.484 e. The SMILES string of the molecule is Cc1ccc(OCC(=O)Nc2ccc(CNC(=O)CCNC(=O)OC(C)(C)C)cc2)cc1C. The first-order valence-electron chi connectivity index (χ1n) is 10.8. The Morgan fingerprint density at radius 1 is 0.879 bits per heavy atom. The smallest absolute Gasteiger partial charge is 0.407 e. The average Bonchev–Trinajstić information content (AvgIpc) is 2.73. The summed E-state index contributed by atoms with van der Waals surface area (Å²) in [6.07, 6.45) is -0.402. The molecule has 0 aliphatic rings. The average molecular weight is 456 g/mol. The van der Waals surface area contributed by atoms with Crippen LogP contribution in [0.2, 0.25) is 0 Å². The molecule has 178 valence electrons. The second-order valence-corrected chi connectivity index (χ2v) is 8.74. The highest BCUT2D eigenvalue weighted by molar-refractivity contribution is 5.91. The van der Waals surface area contributed by atoms with Crippen LogP contribution in [0.3, 0.4) is 0 Å². The summed E-state index contributed by atoms with van der Waals surface area (Å²) in [5, 5.41) is 8.12. The minimum absolute atomic E-state index is 0.0857. The molecule has 0 fully saturated rings. The van der Waals surface area contributed by atoms with Gasteiger partial charge in [-0.25, -0.2) is 4.79 Å². The summed E-state index contributed by atoms with van der Waals surface area (Å²) in [6.45, 7) is 9.78. The number of aryl methyl sites for hydroxylation is 2. The summed E-state index contributed by atoms with van der Waals surface area (Å²) < 4.78 is 10.7. The molecule has 0 saturated heterocycles. The van der Waals surface area contributed by atoms with E-state index in [0.29, 0.717) is 18.0 Å². The summed E-state index contributed by atoms with van der Waals surface area (Å²) in [7, 11) is 0. The van der Waals surface area contributed by atoms with Crippen LogP contribution in [0.25, 0.3) is 0 Å². The van der Waals surface area contributed by atoms with Gasteiger partial charge in [-0.15, -0.1) is 0 Å². The van der Waals surface area contributed by atoms with Crippen molar-refractivity contribution in [3.05, 3.63) is 59.2 Å². The lowest BCUT2D eigenvalue weighted by molar-refractivity contribution is -0.121. The normalized spacial score (nSPS) is 10.8. The maximum atomic E-state index is 12.1. The first kappa shape index (κ1) is 25.7. The zero-order valence-corrected chi connectivity index (χ0v) is 19.9. The molecule has 3 amide bonds. The predicted octanol–water partition coefficient (Wildman–Crippen LogP) is 3.85. The van der Waals surface area contributed by atoms with E-state index in [1.165, 1.54) is 5.56 Å². The van der Waals surface area contributed by atoms with E-state index in [9.17, 15) is 14.4 Å². The van der Waals surface area contributed by atoms with Gasteiger partial charge in [0.05, 0.1) is 0 Å². The van der Waals surface area contributed by atoms with Crippen LogP contribution < -0.4 is 20.7 Å². The molecule has 0 aliphatic heterocycles. The summed E-state index contributed by atoms with van der Waals surface area (Å²) in [6, 6.07) is 12.9. The third kappa shape index (κ3) is 10.1. The number of alkyl carbamates (subject to hydrolysis) is 1. The molecule has 8 heteroatoms. The van der Waals surface area contributed by atoms with Crippen molar-refractivity contribution in [2.75, 3.05) is 18.5 Å². The van der Waals surface area contributed by atoms with E-state index in [1.54, 1.807) is 32.9 Å². The fourth-order valence-corrected chi connectivity index (χ4v) is 2.74. The second-order valence-electron chi connectivity index (χ2n) is 8.74. The molecule has 3 N–H and O–H groups in total. The Morgan fingerprint density at radius 3 is 2.21 bits per heavy atom. The molecule has 2 aromatic rings. The van der Waals surface area contributed by atoms with Crippen molar-refractivity contribution in [1.82, 2.24) is 10.6 Å². The van der Waals surface area contributed by atoms with Crippen molar-refractivity contribution < 1.29 is 23.9 Å². The molecule has 0 bridgehead atoms. The van der Waals surface area contributed by atoms with Crippen molar-refractivity contribution >= 4 is 23.6 Å². The lowest BCUT2D eigenvalue weighted by Crippen LogP contribution is -2.35. The molecule has 2 aromatic carbocycles. The number of nitrogens with one attached hydrogen (secondary N) is 3. The van der Waals surface area contributed by atoms with Crippen LogP contribution >= 0.6 is 0 Å². The monoisotopic (exact) mass is 455 g/mol. The quantitative estimate of drug-likeness (QED) is 0.533. The fourth-order valence-electron chi connectivity index (χ4n) is 2.74. The van der Waals surface area contributed by atoms with E-state index in [2.05, 4.69) is 16.0 Å². The van der Waals surface area contributed by atoms with Crippen molar-refractivity contribution in [2.45, 2.75) is 53.2 Å². The van der Waals surface area contributed by atoms with Crippen LogP contribution in [0.5, 0.6) is 5.75 Å². The van der Waals surface area contributed by atoms with Crippen LogP contribution in [0.15, 0.2) is 42.5 Å². The van der Waals surface area contributed by atoms with Crippen LogP contribution in [-0.4, -0.2) is 36.7 Å². The van der Waals surface area contributed by atoms with Gasteiger partial charge in [0, 0.05) is 25.2 Å². The lowest BCUT2D eigenvalue weighted by atomic mass is 10.1. The maximum Gasteiger partial charge on any atom is 0.407 e. The van der Waals surface area contributed by atoms with Crippen LogP contribution in [0.4, 0.5) is 10.5 Å². The summed E-state index contributed by atoms with van der Waals surface area (Å²) >= 11 is 0. The minimum atomic E-state index is -0.578. The van der Waals surface area contributed by atoms with Crippen molar-refractivity contribution in [2.24, 2.45) is 0 Å². The second kappa shape index (κ2) is 11.9. The summed E-state index contributed by atoms with van der Waals surface area (Å²) in [5.74, 6) is 0.208. The number of hydrogen-bond acceptors (Lipinski definition) is 5. The fraction of sp³-hybridized carbons (Fsp3) is 0.400. The van der Waals surface area contributed by atoms with Gasteiger partial charge in [0.15, 0.2) is 6.61 Å². The Hall–Kier alpha value is -3.55. The number of anilines is 1. The molecule has 0 heterocycles. The molecular weight excluding hydrogens is 422 g/mol. The summed E-state index contributed by atoms with van der Waals surface area (Å²) in [4.78, 5) is 35.6. The molecule has 0 radical (unpaired) electrons. The van der Waals surface area contributed by atoms with Gasteiger partial charge in [0.2, 0.25) is 5.91 Å². The van der Waals surface area contributed by atoms with Gasteiger partial charge in [-0.3, -0.25) is 9.59 Å². The van der Waals surface area contributed by atoms with E-state index in [-0.39, 0.29) is 31.4 Å². The van der Waals surface area contributed by atoms with E-state index in [1.807, 2.05) is 44.2 Å². The number of rotatable bonds is 9. The molecule has 8 nitrogen and oxygen atoms in total. The molecule has 0 unspecified atom stereocenters. The zero-order chi connectivity index (χ0) is 24.4. The number of hydrogen-bond donors (Lipinski definition) is 3. The molecule has 0 atom stereocenters. The topological polar surface area (TPSA) is 106 Å². The standard InChI is InChI=1S/C25H33N3O5/c1-17-6-11-21(14-18(17)2)32-16-23(30)28-20-9-7-19(8-10-20)15-27-22(29)12-13-26-24(31)33-25(3,4)5/h6-11,14H,12-13,15-16H2,1-5H3,(H,26,31)(H,27,29)(H,28,30). The largest absolute Gasteiger partial charge is 0.484 e. The predicted molar refractivity (Wildman–Crippen MR) is 127 cm³/mol. The number of benzene rings is 2. The molecule has 0 aliphatic carbocycles. The Labute approximate surface area is 195 Å². The van der Waals surface area contributed by atoms with Crippen LogP contribution in [0.1, 0.15) is 43.9 Å². The Kier molecular flexibility index (Phi) is 9.27. The zero-order valence-electron chi connectivity index (χ0n) is 19.9. The van der Waals surface area contributed by atoms with Gasteiger partial charge in [0.1, 0.15) is 11.4 Å². The molecule has 33 heavy (non-hydrogen) atoms. The van der Waals surface area contributed by atoms with Crippen LogP contribution in [-0.2, 0) is 20.9 Å². The van der Waals surface area contributed by atoms with Gasteiger partial charge in [-0.2, -0.15) is 0 Å². The highest BCUT2D eigenvalue weighted by Crippen LogP contribution is 2.16. The Balaban J connectivity index is 1.68. The van der Waals surface area contributed by atoms with Gasteiger partial charge >= 0.3 is 6.09 Å². The number of ether oxygens (including phenoxy) is 2. The molecular formula is C25H33N3O5. The molecule has 0 spiro atoms. The Morgan fingerprint density at radius 2 is 1.58 bits per heavy atom. The number of carbonyl (C=O) groups excluding carboxylic acids is 3. The molecule has 2 rings (SSSR count). The highest BCUT2D eigenvalue weighted by atomic mass is 16.6. The number of carbonyl (C=O) groups is 3. The van der Waals surface area contributed by atoms with Crippen LogP contribution in [0, 0.1) is 13.8 Å². The molecule has 0 aromatic heterocycles. The first-order chi connectivity index (χ1) is 15.5. The van der Waals surface area contributed by atoms with Gasteiger partial charge < -0.3 is 25.4 Å². The number of amides is 3. The van der Waals surface area contributed by atoms with Gasteiger partial charge in [-0.1, -0.05) is 18.2 Å². The van der Waals surface area contributed by atoms with Gasteiger partial charge in [-0.05, 0) is 75.6 Å². The van der Waals surface area contributed by atoms with Crippen molar-refractivity contribution in [3.8, 4) is 5.75 Å². The van der Waals surface area contributed by atoms with Crippen molar-refractivity contribution in [1.29, 1.82) is 0 Å². The summed E-state index contributed by atoms with van der Waals surface area (Å²) in [5.41, 5.74) is 3.22. The van der Waals surface area contributed by atoms with E-state index < -0.39 is 11.7 Å². The lowest BCUT2D eigenvalue weighted by Gasteiger charge is -2.19. The first-order valence-corrected chi connectivity index (χ1v) is 10.8. The van der Waals surface area contributed by atoms with E-state index >= 15 is 0 Å². The maximum absolute atomic E-state index is 12.1.